The fourth-order valence-corrected chi connectivity index (χ4v) is 4.40. The van der Waals surface area contributed by atoms with Gasteiger partial charge in [0.2, 0.25) is 5.91 Å². The topological polar surface area (TPSA) is 94.0 Å². The SMILES string of the molecule is Cc1nc2cccc(NC(=O)CCc3sc(N)nc3-c3cccs3)c2o1. The van der Waals surface area contributed by atoms with E-state index in [1.807, 2.05) is 35.7 Å². The van der Waals surface area contributed by atoms with E-state index in [0.717, 1.165) is 21.0 Å². The van der Waals surface area contributed by atoms with Gasteiger partial charge in [-0.15, -0.1) is 22.7 Å². The number of aromatic nitrogens is 2. The van der Waals surface area contributed by atoms with Crippen LogP contribution >= 0.6 is 22.7 Å². The highest BCUT2D eigenvalue weighted by Crippen LogP contribution is 2.33. The van der Waals surface area contributed by atoms with Gasteiger partial charge < -0.3 is 15.5 Å². The molecule has 0 fully saturated rings. The summed E-state index contributed by atoms with van der Waals surface area (Å²) in [6.45, 7) is 1.78. The molecule has 1 aromatic carbocycles. The van der Waals surface area contributed by atoms with E-state index in [1.165, 1.54) is 11.3 Å². The fraction of sp³-hybridized carbons (Fsp3) is 0.167. The molecule has 0 saturated heterocycles. The van der Waals surface area contributed by atoms with Gasteiger partial charge in [-0.3, -0.25) is 4.79 Å². The molecule has 0 aliphatic rings. The average Bonchev–Trinajstić information content (AvgIpc) is 3.32. The van der Waals surface area contributed by atoms with Gasteiger partial charge >= 0.3 is 0 Å². The smallest absolute Gasteiger partial charge is 0.224 e. The Hall–Kier alpha value is -2.71. The minimum absolute atomic E-state index is 0.0874. The Morgan fingerprint density at radius 2 is 2.15 bits per heavy atom. The summed E-state index contributed by atoms with van der Waals surface area (Å²) >= 11 is 3.04. The maximum atomic E-state index is 12.4. The molecule has 0 aliphatic heterocycles. The molecular formula is C18H16N4O2S2. The van der Waals surface area contributed by atoms with E-state index in [9.17, 15) is 4.79 Å². The third kappa shape index (κ3) is 3.33. The highest BCUT2D eigenvalue weighted by molar-refractivity contribution is 7.17. The fourth-order valence-electron chi connectivity index (χ4n) is 2.74. The molecule has 4 rings (SSSR count). The quantitative estimate of drug-likeness (QED) is 0.529. The Labute approximate surface area is 157 Å². The number of hydrogen-bond acceptors (Lipinski definition) is 7. The number of rotatable bonds is 5. The lowest BCUT2D eigenvalue weighted by molar-refractivity contribution is -0.116. The third-order valence-electron chi connectivity index (χ3n) is 3.84. The number of nitrogen functional groups attached to an aromatic ring is 1. The summed E-state index contributed by atoms with van der Waals surface area (Å²) in [5.74, 6) is 0.484. The summed E-state index contributed by atoms with van der Waals surface area (Å²) < 4.78 is 5.59. The van der Waals surface area contributed by atoms with Crippen molar-refractivity contribution in [3.05, 3.63) is 46.5 Å². The summed E-state index contributed by atoms with van der Waals surface area (Å²) in [7, 11) is 0. The van der Waals surface area contributed by atoms with E-state index in [0.29, 0.717) is 35.1 Å². The minimum Gasteiger partial charge on any atom is -0.439 e. The molecule has 8 heteroatoms. The molecular weight excluding hydrogens is 368 g/mol. The van der Waals surface area contributed by atoms with Crippen molar-refractivity contribution < 1.29 is 9.21 Å². The highest BCUT2D eigenvalue weighted by atomic mass is 32.1. The number of hydrogen-bond donors (Lipinski definition) is 2. The molecule has 0 aliphatic carbocycles. The molecule has 3 N–H and O–H groups in total. The van der Waals surface area contributed by atoms with Gasteiger partial charge in [-0.2, -0.15) is 0 Å². The van der Waals surface area contributed by atoms with Crippen molar-refractivity contribution in [3.63, 3.8) is 0 Å². The number of carbonyl (C=O) groups excluding carboxylic acids is 1. The van der Waals surface area contributed by atoms with Gasteiger partial charge in [0.1, 0.15) is 5.52 Å². The van der Waals surface area contributed by atoms with Crippen LogP contribution in [0.2, 0.25) is 0 Å². The van der Waals surface area contributed by atoms with Gasteiger partial charge in [0.05, 0.1) is 16.3 Å². The van der Waals surface area contributed by atoms with Crippen LogP contribution in [0.1, 0.15) is 17.2 Å². The number of amides is 1. The third-order valence-corrected chi connectivity index (χ3v) is 5.66. The lowest BCUT2D eigenvalue weighted by Gasteiger charge is -2.05. The molecule has 0 saturated carbocycles. The van der Waals surface area contributed by atoms with Crippen LogP contribution in [-0.4, -0.2) is 15.9 Å². The van der Waals surface area contributed by atoms with Gasteiger partial charge in [-0.05, 0) is 30.0 Å². The second-order valence-corrected chi connectivity index (χ2v) is 7.80. The Balaban J connectivity index is 1.48. The molecule has 3 heterocycles. The van der Waals surface area contributed by atoms with Crippen molar-refractivity contribution in [1.82, 2.24) is 9.97 Å². The monoisotopic (exact) mass is 384 g/mol. The minimum atomic E-state index is -0.0874. The van der Waals surface area contributed by atoms with Crippen molar-refractivity contribution in [2.24, 2.45) is 0 Å². The first-order chi connectivity index (χ1) is 12.6. The molecule has 26 heavy (non-hydrogen) atoms. The molecule has 0 atom stereocenters. The van der Waals surface area contributed by atoms with E-state index in [4.69, 9.17) is 10.2 Å². The first kappa shape index (κ1) is 16.7. The first-order valence-corrected chi connectivity index (χ1v) is 9.75. The Morgan fingerprint density at radius 1 is 1.27 bits per heavy atom. The van der Waals surface area contributed by atoms with Crippen molar-refractivity contribution in [2.45, 2.75) is 19.8 Å². The van der Waals surface area contributed by atoms with Crippen molar-refractivity contribution >= 4 is 50.5 Å². The Kier molecular flexibility index (Phi) is 4.44. The molecule has 6 nitrogen and oxygen atoms in total. The van der Waals surface area contributed by atoms with Crippen LogP contribution < -0.4 is 11.1 Å². The van der Waals surface area contributed by atoms with Gasteiger partial charge in [0.25, 0.3) is 0 Å². The Bertz CT molecular complexity index is 1070. The number of nitrogens with two attached hydrogens (primary N) is 1. The largest absolute Gasteiger partial charge is 0.439 e. The second kappa shape index (κ2) is 6.89. The van der Waals surface area contributed by atoms with E-state index in [1.54, 1.807) is 18.3 Å². The van der Waals surface area contributed by atoms with Crippen molar-refractivity contribution in [3.8, 4) is 10.6 Å². The van der Waals surface area contributed by atoms with E-state index >= 15 is 0 Å². The standard InChI is InChI=1S/C18H16N4O2S2/c1-10-20-11-4-2-5-12(17(11)24-10)21-15(23)8-7-14-16(22-18(19)26-14)13-6-3-9-25-13/h2-6,9H,7-8H2,1H3,(H2,19,22)(H,21,23). The lowest BCUT2D eigenvalue weighted by atomic mass is 10.2. The number of aryl methyl sites for hydroxylation is 2. The van der Waals surface area contributed by atoms with E-state index < -0.39 is 0 Å². The molecule has 3 aromatic heterocycles. The van der Waals surface area contributed by atoms with Gasteiger partial charge in [0.15, 0.2) is 16.6 Å². The summed E-state index contributed by atoms with van der Waals surface area (Å²) in [6.07, 6.45) is 0.920. The number of nitrogens with zero attached hydrogens (tertiary/aromatic N) is 2. The number of benzene rings is 1. The summed E-state index contributed by atoms with van der Waals surface area (Å²) in [5, 5.41) is 5.43. The molecule has 0 spiro atoms. The number of thiophene rings is 1. The van der Waals surface area contributed by atoms with Crippen LogP contribution in [0.25, 0.3) is 21.7 Å². The zero-order chi connectivity index (χ0) is 18.1. The number of carbonyl (C=O) groups is 1. The van der Waals surface area contributed by atoms with E-state index in [-0.39, 0.29) is 5.91 Å². The second-order valence-electron chi connectivity index (χ2n) is 5.74. The maximum Gasteiger partial charge on any atom is 0.224 e. The first-order valence-electron chi connectivity index (χ1n) is 8.05. The van der Waals surface area contributed by atoms with Crippen molar-refractivity contribution in [1.29, 1.82) is 0 Å². The highest BCUT2D eigenvalue weighted by Gasteiger charge is 2.15. The molecule has 132 valence electrons. The number of anilines is 2. The maximum absolute atomic E-state index is 12.4. The zero-order valence-electron chi connectivity index (χ0n) is 14.0. The molecule has 4 aromatic rings. The zero-order valence-corrected chi connectivity index (χ0v) is 15.6. The number of oxazole rings is 1. The normalized spacial score (nSPS) is 11.1. The van der Waals surface area contributed by atoms with Crippen LogP contribution in [0.3, 0.4) is 0 Å². The van der Waals surface area contributed by atoms with E-state index in [2.05, 4.69) is 15.3 Å². The van der Waals surface area contributed by atoms with Gasteiger partial charge in [-0.25, -0.2) is 9.97 Å². The molecule has 0 radical (unpaired) electrons. The predicted molar refractivity (Wildman–Crippen MR) is 106 cm³/mol. The predicted octanol–water partition coefficient (Wildman–Crippen LogP) is 4.47. The van der Waals surface area contributed by atoms with Crippen LogP contribution in [0.5, 0.6) is 0 Å². The van der Waals surface area contributed by atoms with Crippen LogP contribution in [-0.2, 0) is 11.2 Å². The number of thiazole rings is 1. The molecule has 0 bridgehead atoms. The summed E-state index contributed by atoms with van der Waals surface area (Å²) in [5.41, 5.74) is 8.71. The Morgan fingerprint density at radius 3 is 2.96 bits per heavy atom. The lowest BCUT2D eigenvalue weighted by Crippen LogP contribution is -2.12. The van der Waals surface area contributed by atoms with Crippen LogP contribution in [0.15, 0.2) is 40.1 Å². The molecule has 0 unspecified atom stereocenters. The number of nitrogens with one attached hydrogen (secondary N) is 1. The molecule has 1 amide bonds. The van der Waals surface area contributed by atoms with Crippen LogP contribution in [0.4, 0.5) is 10.8 Å². The number of para-hydroxylation sites is 1. The average molecular weight is 384 g/mol. The number of fused-ring (bicyclic) bond motifs is 1. The van der Waals surface area contributed by atoms with Crippen molar-refractivity contribution in [2.75, 3.05) is 11.1 Å². The van der Waals surface area contributed by atoms with Gasteiger partial charge in [-0.1, -0.05) is 12.1 Å². The summed E-state index contributed by atoms with van der Waals surface area (Å²) in [4.78, 5) is 23.2. The van der Waals surface area contributed by atoms with Gasteiger partial charge in [0, 0.05) is 18.2 Å². The summed E-state index contributed by atoms with van der Waals surface area (Å²) in [6, 6.07) is 9.50. The van der Waals surface area contributed by atoms with Crippen LogP contribution in [0, 0.1) is 6.92 Å².